The van der Waals surface area contributed by atoms with Crippen molar-refractivity contribution in [3.8, 4) is 0 Å². The van der Waals surface area contributed by atoms with Gasteiger partial charge in [-0.15, -0.1) is 0 Å². The number of hydrogen-bond donors (Lipinski definition) is 0. The fourth-order valence-corrected chi connectivity index (χ4v) is 9.24. The molecule has 0 amide bonds. The molecule has 0 radical (unpaired) electrons. The molecule has 84 heavy (non-hydrogen) atoms. The maximum Gasteiger partial charge on any atom is 0.0966 e. The van der Waals surface area contributed by atoms with Gasteiger partial charge < -0.3 is 0 Å². The summed E-state index contributed by atoms with van der Waals surface area (Å²) < 4.78 is 0. The van der Waals surface area contributed by atoms with Gasteiger partial charge in [-0.3, -0.25) is 0 Å². The Balaban J connectivity index is 0.000000324. The summed E-state index contributed by atoms with van der Waals surface area (Å²) in [6.45, 7) is 16.8. The predicted molar refractivity (Wildman–Crippen MR) is 329 cm³/mol. The second kappa shape index (κ2) is 33.7. The first-order valence-corrected chi connectivity index (χ1v) is 26.4. The van der Waals surface area contributed by atoms with Crippen LogP contribution in [0.15, 0.2) is 250 Å². The van der Waals surface area contributed by atoms with Crippen LogP contribution in [0, 0.1) is 87.7 Å². The van der Waals surface area contributed by atoms with E-state index >= 15 is 0 Å². The van der Waals surface area contributed by atoms with Gasteiger partial charge in [-0.1, -0.05) is 206 Å². The number of aromatic nitrogens is 2. The van der Waals surface area contributed by atoms with Gasteiger partial charge in [0.2, 0.25) is 0 Å². The van der Waals surface area contributed by atoms with Gasteiger partial charge in [-0.05, 0) is 124 Å². The van der Waals surface area contributed by atoms with Crippen LogP contribution in [0.5, 0.6) is 0 Å². The summed E-state index contributed by atoms with van der Waals surface area (Å²) in [4.78, 5) is 31.1. The van der Waals surface area contributed by atoms with Crippen LogP contribution in [0.3, 0.4) is 0 Å². The number of aliphatic imine (C=N–C) groups is 4. The van der Waals surface area contributed by atoms with Gasteiger partial charge in [-0.2, -0.15) is 0 Å². The average molecular weight is 1180 g/mol. The second-order valence-corrected chi connectivity index (χ2v) is 19.1. The van der Waals surface area contributed by atoms with E-state index in [2.05, 4.69) is 177 Å². The van der Waals surface area contributed by atoms with Crippen molar-refractivity contribution in [1.29, 1.82) is 32.4 Å². The minimum absolute atomic E-state index is 0. The first kappa shape index (κ1) is 66.6. The zero-order valence-corrected chi connectivity index (χ0v) is 50.2. The van der Waals surface area contributed by atoms with E-state index in [0.29, 0.717) is 0 Å². The molecule has 0 unspecified atom stereocenters. The molecule has 0 N–H and O–H groups in total. The van der Waals surface area contributed by atoms with Gasteiger partial charge in [0.15, 0.2) is 0 Å². The van der Waals surface area contributed by atoms with Crippen LogP contribution < -0.4 is 0 Å². The van der Waals surface area contributed by atoms with Crippen molar-refractivity contribution in [3.63, 3.8) is 0 Å². The zero-order valence-electron chi connectivity index (χ0n) is 48.0. The fraction of sp³-hybridized carbons (Fsp3) is 0.114. The molecule has 2 aromatic heterocycles. The smallest absolute Gasteiger partial charge is 0.0966 e. The Labute approximate surface area is 514 Å². The van der Waals surface area contributed by atoms with Crippen molar-refractivity contribution >= 4 is 45.6 Å². The Hall–Kier alpha value is -9.96. The minimum atomic E-state index is 0. The molecule has 12 nitrogen and oxygen atoms in total. The van der Waals surface area contributed by atoms with E-state index in [1.807, 2.05) is 109 Å². The summed E-state index contributed by atoms with van der Waals surface area (Å²) in [7, 11) is 0. The molecule has 0 aliphatic carbocycles. The monoisotopic (exact) mass is 1180 g/mol. The molecule has 0 atom stereocenters. The Morgan fingerprint density at radius 1 is 0.226 bits per heavy atom. The molecule has 10 rings (SSSR count). The average Bonchev–Trinajstić information content (AvgIpc) is 3.05. The Kier molecular flexibility index (Phi) is 26.7. The summed E-state index contributed by atoms with van der Waals surface area (Å²) in [6.07, 6.45) is 0. The first-order valence-electron chi connectivity index (χ1n) is 26.4. The molecule has 0 fully saturated rings. The largest absolute Gasteiger partial charge is 0.246 e. The molecule has 2 heterocycles. The molecule has 0 saturated carbocycles. The summed E-state index contributed by atoms with van der Waals surface area (Å²) in [6, 6.07) is 78.4. The first-order chi connectivity index (χ1) is 40.0. The third-order valence-corrected chi connectivity index (χ3v) is 13.3. The number of benzene rings is 8. The van der Waals surface area contributed by atoms with Crippen LogP contribution in [0.1, 0.15) is 89.5 Å². The van der Waals surface area contributed by atoms with Crippen molar-refractivity contribution in [2.24, 2.45) is 20.0 Å². The zero-order chi connectivity index (χ0) is 59.0. The fourth-order valence-electron chi connectivity index (χ4n) is 9.24. The standard InChI is InChI=1S/2C35H31N3.2Fe.3N2/c2*1-24-14-11-15-25(2)32(24)37-34(28-18-7-5-8-19-28)30-22-13-23-31(36-30)35(29-20-9-6-10-21-29)38-33-26(3)16-12-17-27(33)4;;;3*1-2/h2*5-23H,1-4H3;;;;;. The van der Waals surface area contributed by atoms with Crippen LogP contribution in [0.2, 0.25) is 0 Å². The van der Waals surface area contributed by atoms with E-state index in [1.165, 1.54) is 0 Å². The Bertz CT molecular complexity index is 3360. The van der Waals surface area contributed by atoms with Crippen molar-refractivity contribution in [3.05, 3.63) is 320 Å². The van der Waals surface area contributed by atoms with Gasteiger partial charge in [-0.25, -0.2) is 29.9 Å². The van der Waals surface area contributed by atoms with Crippen LogP contribution >= 0.6 is 0 Å². The number of aryl methyl sites for hydroxylation is 8. The number of nitrogens with zero attached hydrogens (tertiary/aromatic N) is 12. The van der Waals surface area contributed by atoms with E-state index in [0.717, 1.165) is 135 Å². The van der Waals surface area contributed by atoms with Crippen LogP contribution in [-0.4, -0.2) is 32.8 Å². The topological polar surface area (TPSA) is 218 Å². The molecule has 8 aromatic carbocycles. The Morgan fingerprint density at radius 3 is 0.548 bits per heavy atom. The molecule has 0 aliphatic heterocycles. The van der Waals surface area contributed by atoms with Crippen molar-refractivity contribution < 1.29 is 34.1 Å². The molecular formula is C70H62Fe2N12. The van der Waals surface area contributed by atoms with E-state index in [4.69, 9.17) is 62.3 Å². The predicted octanol–water partition coefficient (Wildman–Crippen LogP) is 17.4. The molecule has 0 bridgehead atoms. The number of hydrogen-bond acceptors (Lipinski definition) is 12. The van der Waals surface area contributed by atoms with Gasteiger partial charge in [0, 0.05) is 88.7 Å². The maximum absolute atomic E-state index is 6.00. The quantitative estimate of drug-likeness (QED) is 0.0649. The third-order valence-electron chi connectivity index (χ3n) is 13.3. The van der Waals surface area contributed by atoms with Gasteiger partial charge >= 0.3 is 0 Å². The number of para-hydroxylation sites is 4. The SMILES string of the molecule is Cc1cccc(C)c1N=C(c1ccccc1)c1cccc(C(=Nc2c(C)cccc2C)c2ccccc2)n1.Cc1cccc(C)c1N=C(c1ccccc1)c1cccc(C(=Nc2c(C)cccc2C)c2ccccc2)n1.N#N.N#N.N#N.[Fe].[Fe]. The van der Waals surface area contributed by atoms with Crippen molar-refractivity contribution in [2.45, 2.75) is 55.4 Å². The van der Waals surface area contributed by atoms with Gasteiger partial charge in [0.05, 0.1) is 68.4 Å². The second-order valence-electron chi connectivity index (χ2n) is 19.1. The summed E-state index contributed by atoms with van der Waals surface area (Å²) >= 11 is 0. The number of pyridine rings is 2. The molecule has 418 valence electrons. The normalized spacial score (nSPS) is 10.9. The third kappa shape index (κ3) is 17.0. The van der Waals surface area contributed by atoms with Crippen molar-refractivity contribution in [1.82, 2.24) is 9.97 Å². The van der Waals surface area contributed by atoms with Gasteiger partial charge in [0.1, 0.15) is 0 Å². The van der Waals surface area contributed by atoms with E-state index in [-0.39, 0.29) is 34.1 Å². The van der Waals surface area contributed by atoms with Gasteiger partial charge in [0.25, 0.3) is 0 Å². The summed E-state index contributed by atoms with van der Waals surface area (Å²) in [5.74, 6) is 0. The minimum Gasteiger partial charge on any atom is -0.246 e. The number of rotatable bonds is 12. The molecule has 0 aliphatic rings. The van der Waals surface area contributed by atoms with Crippen molar-refractivity contribution in [2.75, 3.05) is 0 Å². The van der Waals surface area contributed by atoms with E-state index < -0.39 is 0 Å². The van der Waals surface area contributed by atoms with Crippen LogP contribution in [0.25, 0.3) is 0 Å². The maximum atomic E-state index is 6.00. The molecule has 10 aromatic rings. The van der Waals surface area contributed by atoms with Crippen LogP contribution in [0.4, 0.5) is 22.7 Å². The summed E-state index contributed by atoms with van der Waals surface area (Å²) in [5.41, 5.74) is 23.7. The molecule has 0 spiro atoms. The van der Waals surface area contributed by atoms with E-state index in [1.54, 1.807) is 0 Å². The molecule has 0 saturated heterocycles. The molecule has 14 heteroatoms. The Morgan fingerprint density at radius 2 is 0.381 bits per heavy atom. The van der Waals surface area contributed by atoms with Crippen LogP contribution in [-0.2, 0) is 34.1 Å². The van der Waals surface area contributed by atoms with E-state index in [9.17, 15) is 0 Å². The molecular weight excluding hydrogens is 1120 g/mol. The summed E-state index contributed by atoms with van der Waals surface area (Å²) in [5, 5.41) is 36.0.